The van der Waals surface area contributed by atoms with Crippen molar-refractivity contribution in [1.82, 2.24) is 5.32 Å². The third-order valence-electron chi connectivity index (χ3n) is 1.93. The van der Waals surface area contributed by atoms with Crippen LogP contribution in [0.3, 0.4) is 0 Å². The number of rotatable bonds is 0. The van der Waals surface area contributed by atoms with Gasteiger partial charge in [-0.25, -0.2) is 0 Å². The van der Waals surface area contributed by atoms with E-state index in [2.05, 4.69) is 5.32 Å². The zero-order chi connectivity index (χ0) is 10.4. The van der Waals surface area contributed by atoms with E-state index in [1.54, 1.807) is 12.1 Å². The van der Waals surface area contributed by atoms with Crippen molar-refractivity contribution < 1.29 is 5.11 Å². The van der Waals surface area contributed by atoms with Crippen LogP contribution in [0.5, 0.6) is 5.75 Å². The summed E-state index contributed by atoms with van der Waals surface area (Å²) in [6, 6.07) is 4.58. The standard InChI is InChI=1S/C6H6ClNO.C4H9N/c7-5-2-1-4(8)3-6(5)9;1-2-4-5-3-1/h1-3,9H,8H2;5H,1-4H2. The van der Waals surface area contributed by atoms with Gasteiger partial charge in [0.1, 0.15) is 5.75 Å². The van der Waals surface area contributed by atoms with Crippen molar-refractivity contribution in [2.45, 2.75) is 12.8 Å². The van der Waals surface area contributed by atoms with Crippen molar-refractivity contribution >= 4 is 17.3 Å². The lowest BCUT2D eigenvalue weighted by Gasteiger charge is -1.95. The van der Waals surface area contributed by atoms with Crippen LogP contribution >= 0.6 is 11.6 Å². The molecule has 1 heterocycles. The average Bonchev–Trinajstić information content (AvgIpc) is 2.69. The fraction of sp³-hybridized carbons (Fsp3) is 0.400. The fourth-order valence-corrected chi connectivity index (χ4v) is 1.27. The largest absolute Gasteiger partial charge is 0.506 e. The van der Waals surface area contributed by atoms with E-state index in [-0.39, 0.29) is 5.75 Å². The Morgan fingerprint density at radius 3 is 2.29 bits per heavy atom. The van der Waals surface area contributed by atoms with E-state index in [0.29, 0.717) is 10.7 Å². The molecule has 0 atom stereocenters. The second kappa shape index (κ2) is 5.73. The third kappa shape index (κ3) is 3.85. The number of aromatic hydroxyl groups is 1. The number of phenolic OH excluding ortho intramolecular Hbond substituents is 1. The molecule has 0 spiro atoms. The minimum absolute atomic E-state index is 0.0247. The van der Waals surface area contributed by atoms with Crippen molar-refractivity contribution in [2.24, 2.45) is 0 Å². The number of hydrogen-bond acceptors (Lipinski definition) is 3. The van der Waals surface area contributed by atoms with E-state index in [4.69, 9.17) is 22.4 Å². The van der Waals surface area contributed by atoms with Crippen LogP contribution in [0.2, 0.25) is 5.02 Å². The Bertz CT molecular complexity index is 280. The number of nitrogens with two attached hydrogens (primary N) is 1. The first-order chi connectivity index (χ1) is 6.70. The number of nitrogen functional groups attached to an aromatic ring is 1. The minimum atomic E-state index is 0.0247. The van der Waals surface area contributed by atoms with E-state index in [1.165, 1.54) is 32.0 Å². The lowest BCUT2D eigenvalue weighted by molar-refractivity contribution is 0.476. The summed E-state index contributed by atoms with van der Waals surface area (Å²) < 4.78 is 0. The van der Waals surface area contributed by atoms with Gasteiger partial charge in [-0.2, -0.15) is 0 Å². The number of halogens is 1. The Morgan fingerprint density at radius 2 is 1.93 bits per heavy atom. The van der Waals surface area contributed by atoms with Crippen LogP contribution in [-0.2, 0) is 0 Å². The summed E-state index contributed by atoms with van der Waals surface area (Å²) in [5.74, 6) is 0.0247. The number of benzene rings is 1. The summed E-state index contributed by atoms with van der Waals surface area (Å²) in [4.78, 5) is 0. The number of phenols is 1. The smallest absolute Gasteiger partial charge is 0.136 e. The second-order valence-electron chi connectivity index (χ2n) is 3.17. The zero-order valence-corrected chi connectivity index (χ0v) is 8.72. The third-order valence-corrected chi connectivity index (χ3v) is 2.25. The van der Waals surface area contributed by atoms with Crippen molar-refractivity contribution in [3.63, 3.8) is 0 Å². The van der Waals surface area contributed by atoms with Gasteiger partial charge in [-0.3, -0.25) is 0 Å². The van der Waals surface area contributed by atoms with Gasteiger partial charge in [0.25, 0.3) is 0 Å². The molecule has 0 radical (unpaired) electrons. The van der Waals surface area contributed by atoms with Gasteiger partial charge in [-0.15, -0.1) is 0 Å². The maximum absolute atomic E-state index is 8.89. The molecule has 0 amide bonds. The maximum Gasteiger partial charge on any atom is 0.136 e. The quantitative estimate of drug-likeness (QED) is 0.579. The Morgan fingerprint density at radius 1 is 1.29 bits per heavy atom. The first-order valence-electron chi connectivity index (χ1n) is 4.65. The minimum Gasteiger partial charge on any atom is -0.506 e. The van der Waals surface area contributed by atoms with Gasteiger partial charge in [0, 0.05) is 11.8 Å². The summed E-state index contributed by atoms with van der Waals surface area (Å²) in [6.07, 6.45) is 2.78. The normalized spacial score (nSPS) is 14.6. The van der Waals surface area contributed by atoms with Crippen molar-refractivity contribution in [3.8, 4) is 5.75 Å². The molecule has 0 aromatic heterocycles. The second-order valence-corrected chi connectivity index (χ2v) is 3.58. The molecule has 0 unspecified atom stereocenters. The molecule has 78 valence electrons. The molecule has 4 N–H and O–H groups in total. The van der Waals surface area contributed by atoms with Crippen LogP contribution in [0.4, 0.5) is 5.69 Å². The fourth-order valence-electron chi connectivity index (χ4n) is 1.15. The molecule has 4 heteroatoms. The molecule has 14 heavy (non-hydrogen) atoms. The predicted octanol–water partition coefficient (Wildman–Crippen LogP) is 2.00. The molecule has 0 aliphatic carbocycles. The molecule has 1 fully saturated rings. The molecule has 3 nitrogen and oxygen atoms in total. The van der Waals surface area contributed by atoms with Gasteiger partial charge in [0.2, 0.25) is 0 Å². The number of anilines is 1. The maximum atomic E-state index is 8.89. The topological polar surface area (TPSA) is 58.3 Å². The summed E-state index contributed by atoms with van der Waals surface area (Å²) in [5.41, 5.74) is 5.82. The van der Waals surface area contributed by atoms with E-state index in [9.17, 15) is 0 Å². The highest BCUT2D eigenvalue weighted by Gasteiger charge is 1.94. The van der Waals surface area contributed by atoms with Crippen molar-refractivity contribution in [1.29, 1.82) is 0 Å². The van der Waals surface area contributed by atoms with Gasteiger partial charge in [0.05, 0.1) is 5.02 Å². The SMILES string of the molecule is C1CCNC1.Nc1ccc(Cl)c(O)c1. The Balaban J connectivity index is 0.000000165. The van der Waals surface area contributed by atoms with Crippen molar-refractivity contribution in [2.75, 3.05) is 18.8 Å². The summed E-state index contributed by atoms with van der Waals surface area (Å²) in [5, 5.41) is 12.4. The summed E-state index contributed by atoms with van der Waals surface area (Å²) in [6.45, 7) is 2.50. The van der Waals surface area contributed by atoms with Gasteiger partial charge < -0.3 is 16.2 Å². The number of hydrogen-bond donors (Lipinski definition) is 3. The summed E-state index contributed by atoms with van der Waals surface area (Å²) >= 11 is 5.48. The van der Waals surface area contributed by atoms with E-state index < -0.39 is 0 Å². The Kier molecular flexibility index (Phi) is 4.56. The van der Waals surface area contributed by atoms with E-state index in [1.807, 2.05) is 0 Å². The molecule has 1 saturated heterocycles. The summed E-state index contributed by atoms with van der Waals surface area (Å²) in [7, 11) is 0. The van der Waals surface area contributed by atoms with Gasteiger partial charge >= 0.3 is 0 Å². The van der Waals surface area contributed by atoms with Crippen LogP contribution in [0.25, 0.3) is 0 Å². The van der Waals surface area contributed by atoms with Gasteiger partial charge in [0.15, 0.2) is 0 Å². The van der Waals surface area contributed by atoms with E-state index >= 15 is 0 Å². The molecular weight excluding hydrogens is 200 g/mol. The molecule has 1 aliphatic heterocycles. The van der Waals surface area contributed by atoms with Crippen molar-refractivity contribution in [3.05, 3.63) is 23.2 Å². The van der Waals surface area contributed by atoms with Gasteiger partial charge in [-0.1, -0.05) is 11.6 Å². The van der Waals surface area contributed by atoms with E-state index in [0.717, 1.165) is 0 Å². The number of nitrogens with one attached hydrogen (secondary N) is 1. The lowest BCUT2D eigenvalue weighted by atomic mass is 10.3. The van der Waals surface area contributed by atoms with Crippen LogP contribution < -0.4 is 11.1 Å². The molecule has 1 aliphatic rings. The first kappa shape index (κ1) is 11.1. The van der Waals surface area contributed by atoms with Crippen LogP contribution in [-0.4, -0.2) is 18.2 Å². The highest BCUT2D eigenvalue weighted by atomic mass is 35.5. The van der Waals surface area contributed by atoms with Crippen LogP contribution in [0.1, 0.15) is 12.8 Å². The Hall–Kier alpha value is -0.930. The molecule has 0 bridgehead atoms. The molecule has 1 aromatic rings. The first-order valence-corrected chi connectivity index (χ1v) is 5.02. The average molecular weight is 215 g/mol. The molecule has 0 saturated carbocycles. The molecule has 1 aromatic carbocycles. The lowest BCUT2D eigenvalue weighted by Crippen LogP contribution is -2.03. The monoisotopic (exact) mass is 214 g/mol. The molecular formula is C10H15ClN2O. The highest BCUT2D eigenvalue weighted by molar-refractivity contribution is 6.32. The van der Waals surface area contributed by atoms with Crippen LogP contribution in [0, 0.1) is 0 Å². The zero-order valence-electron chi connectivity index (χ0n) is 7.96. The van der Waals surface area contributed by atoms with Gasteiger partial charge in [-0.05, 0) is 38.1 Å². The Labute approximate surface area is 88.9 Å². The van der Waals surface area contributed by atoms with Crippen LogP contribution in [0.15, 0.2) is 18.2 Å². The highest BCUT2D eigenvalue weighted by Crippen LogP contribution is 2.24. The molecule has 2 rings (SSSR count). The predicted molar refractivity (Wildman–Crippen MR) is 59.6 cm³/mol.